The Morgan fingerprint density at radius 2 is 1.68 bits per heavy atom. The average Bonchev–Trinajstić information content (AvgIpc) is 3.00. The number of hydrogen-bond donors (Lipinski definition) is 2. The van der Waals surface area contributed by atoms with Crippen molar-refractivity contribution in [2.24, 2.45) is 5.92 Å². The highest BCUT2D eigenvalue weighted by molar-refractivity contribution is 5.79. The predicted molar refractivity (Wildman–Crippen MR) is 106 cm³/mol. The normalized spacial score (nSPS) is 23.5. The first-order chi connectivity index (χ1) is 13.5. The number of aliphatic carboxylic acids is 1. The van der Waals surface area contributed by atoms with Crippen LogP contribution in [0.1, 0.15) is 49.7 Å². The minimum atomic E-state index is -0.860. The fourth-order valence-electron chi connectivity index (χ4n) is 4.75. The molecule has 0 radical (unpaired) electrons. The molecule has 5 heteroatoms. The highest BCUT2D eigenvalue weighted by atomic mass is 16.5. The predicted octanol–water partition coefficient (Wildman–Crippen LogP) is 4.56. The van der Waals surface area contributed by atoms with Gasteiger partial charge in [-0.25, -0.2) is 4.79 Å². The summed E-state index contributed by atoms with van der Waals surface area (Å²) in [7, 11) is 0. The lowest BCUT2D eigenvalue weighted by Crippen LogP contribution is -2.55. The molecule has 0 bridgehead atoms. The highest BCUT2D eigenvalue weighted by Gasteiger charge is 2.42. The molecule has 2 aliphatic carbocycles. The SMILES string of the molecule is C[C@@]1(NC(=O)OCC2c3ccccc3-c3ccccc32)CCCC[C@@H]1C(=O)O. The third kappa shape index (κ3) is 3.26. The number of amides is 1. The fraction of sp³-hybridized carbons (Fsp3) is 0.391. The maximum Gasteiger partial charge on any atom is 0.407 e. The molecule has 0 heterocycles. The summed E-state index contributed by atoms with van der Waals surface area (Å²) < 4.78 is 5.59. The van der Waals surface area contributed by atoms with Gasteiger partial charge in [-0.1, -0.05) is 61.4 Å². The second-order valence-electron chi connectivity index (χ2n) is 8.00. The van der Waals surface area contributed by atoms with E-state index in [0.29, 0.717) is 12.8 Å². The number of ether oxygens (including phenoxy) is 1. The smallest absolute Gasteiger partial charge is 0.407 e. The van der Waals surface area contributed by atoms with E-state index < -0.39 is 23.5 Å². The van der Waals surface area contributed by atoms with Crippen LogP contribution in [-0.4, -0.2) is 29.3 Å². The minimum Gasteiger partial charge on any atom is -0.481 e. The van der Waals surface area contributed by atoms with Crippen molar-refractivity contribution in [3.05, 3.63) is 59.7 Å². The summed E-state index contributed by atoms with van der Waals surface area (Å²) in [6, 6.07) is 16.4. The molecule has 2 aromatic rings. The van der Waals surface area contributed by atoms with Crippen molar-refractivity contribution in [1.29, 1.82) is 0 Å². The molecule has 2 N–H and O–H groups in total. The molecule has 1 saturated carbocycles. The first-order valence-electron chi connectivity index (χ1n) is 9.85. The van der Waals surface area contributed by atoms with Gasteiger partial charge in [-0.3, -0.25) is 4.79 Å². The Balaban J connectivity index is 1.47. The Hall–Kier alpha value is -2.82. The van der Waals surface area contributed by atoms with Gasteiger partial charge in [0.1, 0.15) is 6.61 Å². The highest BCUT2D eigenvalue weighted by Crippen LogP contribution is 2.44. The zero-order chi connectivity index (χ0) is 19.7. The van der Waals surface area contributed by atoms with Gasteiger partial charge in [0, 0.05) is 5.92 Å². The van der Waals surface area contributed by atoms with Crippen molar-refractivity contribution >= 4 is 12.1 Å². The van der Waals surface area contributed by atoms with Gasteiger partial charge in [-0.05, 0) is 42.0 Å². The molecule has 1 amide bonds. The standard InChI is InChI=1S/C23H25NO4/c1-23(13-7-6-12-20(23)21(25)26)24-22(27)28-14-19-17-10-4-2-8-15(17)16-9-3-5-11-18(16)19/h2-5,8-11,19-20H,6-7,12-14H2,1H3,(H,24,27)(H,25,26)/t20-,23-/m1/s1. The van der Waals surface area contributed by atoms with E-state index in [0.717, 1.165) is 24.0 Å². The summed E-state index contributed by atoms with van der Waals surface area (Å²) in [4.78, 5) is 24.1. The average molecular weight is 379 g/mol. The lowest BCUT2D eigenvalue weighted by atomic mass is 9.74. The molecule has 0 aliphatic heterocycles. The summed E-state index contributed by atoms with van der Waals surface area (Å²) >= 11 is 0. The minimum absolute atomic E-state index is 0.00687. The van der Waals surface area contributed by atoms with Gasteiger partial charge in [-0.2, -0.15) is 0 Å². The number of carboxylic acid groups (broad SMARTS) is 1. The third-order valence-electron chi connectivity index (χ3n) is 6.24. The zero-order valence-electron chi connectivity index (χ0n) is 16.0. The maximum absolute atomic E-state index is 12.5. The van der Waals surface area contributed by atoms with E-state index in [2.05, 4.69) is 29.6 Å². The van der Waals surface area contributed by atoms with E-state index in [9.17, 15) is 14.7 Å². The Bertz CT molecular complexity index is 863. The Morgan fingerprint density at radius 3 is 2.29 bits per heavy atom. The van der Waals surface area contributed by atoms with Crippen molar-refractivity contribution in [3.63, 3.8) is 0 Å². The molecule has 2 aromatic carbocycles. The molecule has 28 heavy (non-hydrogen) atoms. The number of carbonyl (C=O) groups excluding carboxylic acids is 1. The van der Waals surface area contributed by atoms with Crippen molar-refractivity contribution in [2.75, 3.05) is 6.61 Å². The van der Waals surface area contributed by atoms with Crippen molar-refractivity contribution < 1.29 is 19.4 Å². The van der Waals surface area contributed by atoms with Crippen LogP contribution in [0.5, 0.6) is 0 Å². The van der Waals surface area contributed by atoms with Crippen LogP contribution in [0.2, 0.25) is 0 Å². The summed E-state index contributed by atoms with van der Waals surface area (Å²) in [5, 5.41) is 12.4. The van der Waals surface area contributed by atoms with Crippen molar-refractivity contribution in [2.45, 2.75) is 44.1 Å². The van der Waals surface area contributed by atoms with Crippen LogP contribution in [0.15, 0.2) is 48.5 Å². The monoisotopic (exact) mass is 379 g/mol. The van der Waals surface area contributed by atoms with Crippen LogP contribution in [-0.2, 0) is 9.53 Å². The molecule has 4 rings (SSSR count). The van der Waals surface area contributed by atoms with E-state index >= 15 is 0 Å². The molecule has 2 aliphatic rings. The van der Waals surface area contributed by atoms with Gasteiger partial charge < -0.3 is 15.2 Å². The van der Waals surface area contributed by atoms with Gasteiger partial charge in [0.25, 0.3) is 0 Å². The van der Waals surface area contributed by atoms with E-state index in [1.165, 1.54) is 11.1 Å². The Labute approximate surface area is 164 Å². The topological polar surface area (TPSA) is 75.6 Å². The van der Waals surface area contributed by atoms with Gasteiger partial charge in [-0.15, -0.1) is 0 Å². The van der Waals surface area contributed by atoms with Crippen molar-refractivity contribution in [1.82, 2.24) is 5.32 Å². The van der Waals surface area contributed by atoms with Crippen LogP contribution in [0, 0.1) is 5.92 Å². The summed E-state index contributed by atoms with van der Waals surface area (Å²) in [5.74, 6) is -1.45. The molecule has 1 fully saturated rings. The molecule has 0 spiro atoms. The Morgan fingerprint density at radius 1 is 1.07 bits per heavy atom. The zero-order valence-corrected chi connectivity index (χ0v) is 16.0. The molecule has 5 nitrogen and oxygen atoms in total. The molecule has 0 saturated heterocycles. The van der Waals surface area contributed by atoms with Crippen LogP contribution in [0.25, 0.3) is 11.1 Å². The Kier molecular flexibility index (Phi) is 4.84. The van der Waals surface area contributed by atoms with Crippen molar-refractivity contribution in [3.8, 4) is 11.1 Å². The van der Waals surface area contributed by atoms with E-state index in [4.69, 9.17) is 4.74 Å². The molecular weight excluding hydrogens is 354 g/mol. The molecular formula is C23H25NO4. The lowest BCUT2D eigenvalue weighted by molar-refractivity contribution is -0.145. The molecule has 2 atom stereocenters. The van der Waals surface area contributed by atoms with Crippen LogP contribution < -0.4 is 5.32 Å². The van der Waals surface area contributed by atoms with Gasteiger partial charge in [0.15, 0.2) is 0 Å². The number of fused-ring (bicyclic) bond motifs is 3. The number of hydrogen-bond acceptors (Lipinski definition) is 3. The number of benzene rings is 2. The first kappa shape index (κ1) is 18.5. The van der Waals surface area contributed by atoms with Gasteiger partial charge >= 0.3 is 12.1 Å². The second-order valence-corrected chi connectivity index (χ2v) is 8.00. The maximum atomic E-state index is 12.5. The second kappa shape index (κ2) is 7.30. The quantitative estimate of drug-likeness (QED) is 0.817. The van der Waals surface area contributed by atoms with Crippen LogP contribution in [0.3, 0.4) is 0 Å². The van der Waals surface area contributed by atoms with E-state index in [1.54, 1.807) is 0 Å². The fourth-order valence-corrected chi connectivity index (χ4v) is 4.75. The van der Waals surface area contributed by atoms with Crippen LogP contribution >= 0.6 is 0 Å². The lowest BCUT2D eigenvalue weighted by Gasteiger charge is -2.39. The summed E-state index contributed by atoms with van der Waals surface area (Å²) in [6.45, 7) is 2.04. The number of carbonyl (C=O) groups is 2. The van der Waals surface area contributed by atoms with E-state index in [1.807, 2.05) is 31.2 Å². The summed E-state index contributed by atoms with van der Waals surface area (Å²) in [5.41, 5.74) is 3.90. The van der Waals surface area contributed by atoms with E-state index in [-0.39, 0.29) is 12.5 Å². The third-order valence-corrected chi connectivity index (χ3v) is 6.24. The number of rotatable bonds is 4. The molecule has 146 valence electrons. The summed E-state index contributed by atoms with van der Waals surface area (Å²) in [6.07, 6.45) is 2.46. The number of carboxylic acids is 1. The van der Waals surface area contributed by atoms with Gasteiger partial charge in [0.2, 0.25) is 0 Å². The van der Waals surface area contributed by atoms with Crippen LogP contribution in [0.4, 0.5) is 4.79 Å². The molecule has 0 aromatic heterocycles. The molecule has 0 unspecified atom stereocenters. The largest absolute Gasteiger partial charge is 0.481 e. The van der Waals surface area contributed by atoms with Gasteiger partial charge in [0.05, 0.1) is 11.5 Å². The number of nitrogens with one attached hydrogen (secondary N) is 1. The first-order valence-corrected chi connectivity index (χ1v) is 9.85. The number of alkyl carbamates (subject to hydrolysis) is 1.